The molecule has 8 heteroatoms. The van der Waals surface area contributed by atoms with Gasteiger partial charge in [-0.05, 0) is 38.1 Å². The van der Waals surface area contributed by atoms with E-state index in [2.05, 4.69) is 10.6 Å². The zero-order valence-electron chi connectivity index (χ0n) is 13.5. The lowest BCUT2D eigenvalue weighted by atomic mass is 10.1. The van der Waals surface area contributed by atoms with Gasteiger partial charge in [-0.3, -0.25) is 19.7 Å². The third kappa shape index (κ3) is 4.25. The van der Waals surface area contributed by atoms with Crippen molar-refractivity contribution in [3.05, 3.63) is 51.7 Å². The predicted molar refractivity (Wildman–Crippen MR) is 90.6 cm³/mol. The predicted octanol–water partition coefficient (Wildman–Crippen LogP) is 2.68. The van der Waals surface area contributed by atoms with E-state index < -0.39 is 11.8 Å². The molecule has 2 amide bonds. The molecule has 1 aromatic heterocycles. The number of furan rings is 1. The summed E-state index contributed by atoms with van der Waals surface area (Å²) < 4.78 is 5.27. The Labute approximate surface area is 148 Å². The largest absolute Gasteiger partial charge is 0.443 e. The van der Waals surface area contributed by atoms with Crippen molar-refractivity contribution in [2.75, 3.05) is 11.9 Å². The Morgan fingerprint density at radius 1 is 1.24 bits per heavy atom. The van der Waals surface area contributed by atoms with Crippen LogP contribution in [0.2, 0.25) is 5.02 Å². The topological polar surface area (TPSA) is 112 Å². The second-order valence-corrected chi connectivity index (χ2v) is 5.58. The van der Waals surface area contributed by atoms with Crippen molar-refractivity contribution in [2.45, 2.75) is 13.8 Å². The number of aryl methyl sites for hydroxylation is 1. The Balaban J connectivity index is 2.02. The number of rotatable bonds is 5. The highest BCUT2D eigenvalue weighted by atomic mass is 35.5. The van der Waals surface area contributed by atoms with Crippen LogP contribution < -0.4 is 10.6 Å². The van der Waals surface area contributed by atoms with E-state index in [1.54, 1.807) is 12.1 Å². The normalized spacial score (nSPS) is 10.0. The highest BCUT2D eigenvalue weighted by molar-refractivity contribution is 6.30. The number of amides is 2. The van der Waals surface area contributed by atoms with Crippen molar-refractivity contribution in [3.63, 3.8) is 0 Å². The Hall–Kier alpha value is -3.11. The molecule has 0 saturated carbocycles. The van der Waals surface area contributed by atoms with Gasteiger partial charge in [0.15, 0.2) is 5.78 Å². The summed E-state index contributed by atoms with van der Waals surface area (Å²) in [5, 5.41) is 14.5. The van der Waals surface area contributed by atoms with Gasteiger partial charge in [-0.1, -0.05) is 11.6 Å². The van der Waals surface area contributed by atoms with Crippen molar-refractivity contribution >= 4 is 35.1 Å². The van der Waals surface area contributed by atoms with Crippen molar-refractivity contribution in [3.8, 4) is 6.07 Å². The molecule has 0 fully saturated rings. The van der Waals surface area contributed by atoms with Gasteiger partial charge in [-0.25, -0.2) is 0 Å². The number of hydrogen-bond donors (Lipinski definition) is 2. The van der Waals surface area contributed by atoms with Gasteiger partial charge in [-0.15, -0.1) is 0 Å². The number of ketones is 1. The van der Waals surface area contributed by atoms with Crippen LogP contribution in [0.5, 0.6) is 0 Å². The van der Waals surface area contributed by atoms with E-state index in [0.717, 1.165) is 0 Å². The molecule has 2 aromatic rings. The van der Waals surface area contributed by atoms with Gasteiger partial charge >= 0.3 is 0 Å². The molecule has 128 valence electrons. The summed E-state index contributed by atoms with van der Waals surface area (Å²) >= 11 is 5.74. The summed E-state index contributed by atoms with van der Waals surface area (Å²) in [6, 6.07) is 8.01. The van der Waals surface area contributed by atoms with Crippen LogP contribution in [0, 0.1) is 18.3 Å². The van der Waals surface area contributed by atoms with Crippen LogP contribution in [0.4, 0.5) is 5.88 Å². The fourth-order valence-electron chi connectivity index (χ4n) is 2.20. The highest BCUT2D eigenvalue weighted by Gasteiger charge is 2.22. The van der Waals surface area contributed by atoms with Crippen molar-refractivity contribution in [1.82, 2.24) is 5.32 Å². The Kier molecular flexibility index (Phi) is 5.57. The molecule has 25 heavy (non-hydrogen) atoms. The standard InChI is InChI=1S/C17H14ClN3O4/c1-9(22)15-10(2)25-17(13(15)7-19)21-14(23)8-20-16(24)11-3-5-12(18)6-4-11/h3-6H,8H2,1-2H3,(H,20,24)(H,21,23). The minimum atomic E-state index is -0.595. The van der Waals surface area contributed by atoms with E-state index in [9.17, 15) is 14.4 Å². The number of carbonyl (C=O) groups is 3. The zero-order valence-corrected chi connectivity index (χ0v) is 14.2. The van der Waals surface area contributed by atoms with Gasteiger partial charge in [0, 0.05) is 10.6 Å². The summed E-state index contributed by atoms with van der Waals surface area (Å²) in [6.45, 7) is 2.49. The SMILES string of the molecule is CC(=O)c1c(C)oc(NC(=O)CNC(=O)c2ccc(Cl)cc2)c1C#N. The third-order valence-electron chi connectivity index (χ3n) is 3.32. The van der Waals surface area contributed by atoms with Crippen molar-refractivity contribution in [2.24, 2.45) is 0 Å². The molecule has 0 aliphatic rings. The van der Waals surface area contributed by atoms with E-state index >= 15 is 0 Å². The number of nitriles is 1. The minimum absolute atomic E-state index is 0.0395. The number of halogens is 1. The lowest BCUT2D eigenvalue weighted by Gasteiger charge is -2.05. The molecule has 1 heterocycles. The average molecular weight is 360 g/mol. The summed E-state index contributed by atoms with van der Waals surface area (Å²) in [7, 11) is 0. The highest BCUT2D eigenvalue weighted by Crippen LogP contribution is 2.26. The molecule has 0 spiro atoms. The molecule has 0 saturated heterocycles. The molecule has 0 aliphatic heterocycles. The van der Waals surface area contributed by atoms with Crippen LogP contribution in [-0.4, -0.2) is 24.1 Å². The van der Waals surface area contributed by atoms with Crippen LogP contribution in [-0.2, 0) is 4.79 Å². The van der Waals surface area contributed by atoms with Gasteiger partial charge in [-0.2, -0.15) is 5.26 Å². The monoisotopic (exact) mass is 359 g/mol. The summed E-state index contributed by atoms with van der Waals surface area (Å²) in [5.41, 5.74) is 0.438. The van der Waals surface area contributed by atoms with Crippen LogP contribution in [0.25, 0.3) is 0 Å². The first kappa shape index (κ1) is 18.2. The van der Waals surface area contributed by atoms with Gasteiger partial charge < -0.3 is 9.73 Å². The molecular formula is C17H14ClN3O4. The van der Waals surface area contributed by atoms with Gasteiger partial charge in [0.1, 0.15) is 17.4 Å². The summed E-state index contributed by atoms with van der Waals surface area (Å²) in [5.74, 6) is -1.26. The summed E-state index contributed by atoms with van der Waals surface area (Å²) in [6.07, 6.45) is 0. The van der Waals surface area contributed by atoms with Crippen LogP contribution in [0.1, 0.15) is 39.0 Å². The van der Waals surface area contributed by atoms with Crippen LogP contribution >= 0.6 is 11.6 Å². The third-order valence-corrected chi connectivity index (χ3v) is 3.57. The number of nitrogens with one attached hydrogen (secondary N) is 2. The number of Topliss-reactive ketones (excluding diaryl/α,β-unsaturated/α-hetero) is 1. The van der Waals surface area contributed by atoms with E-state index in [1.807, 2.05) is 6.07 Å². The lowest BCUT2D eigenvalue weighted by Crippen LogP contribution is -2.32. The second-order valence-electron chi connectivity index (χ2n) is 5.14. The number of carbonyl (C=O) groups excluding carboxylic acids is 3. The molecule has 0 unspecified atom stereocenters. The zero-order chi connectivity index (χ0) is 18.6. The van der Waals surface area contributed by atoms with Crippen molar-refractivity contribution in [1.29, 1.82) is 5.26 Å². The molecule has 0 radical (unpaired) electrons. The maximum atomic E-state index is 12.0. The van der Waals surface area contributed by atoms with Gasteiger partial charge in [0.2, 0.25) is 11.8 Å². The van der Waals surface area contributed by atoms with E-state index in [0.29, 0.717) is 10.6 Å². The Bertz CT molecular complexity index is 879. The average Bonchev–Trinajstić information content (AvgIpc) is 2.88. The molecule has 0 bridgehead atoms. The molecule has 1 aromatic carbocycles. The minimum Gasteiger partial charge on any atom is -0.443 e. The molecule has 2 rings (SSSR count). The number of anilines is 1. The molecular weight excluding hydrogens is 346 g/mol. The Morgan fingerprint density at radius 2 is 1.88 bits per heavy atom. The Morgan fingerprint density at radius 3 is 2.44 bits per heavy atom. The fraction of sp³-hybridized carbons (Fsp3) is 0.176. The fourth-order valence-corrected chi connectivity index (χ4v) is 2.32. The quantitative estimate of drug-likeness (QED) is 0.797. The number of hydrogen-bond acceptors (Lipinski definition) is 5. The smallest absolute Gasteiger partial charge is 0.251 e. The summed E-state index contributed by atoms with van der Waals surface area (Å²) in [4.78, 5) is 35.4. The van der Waals surface area contributed by atoms with Crippen LogP contribution in [0.15, 0.2) is 28.7 Å². The van der Waals surface area contributed by atoms with Crippen LogP contribution in [0.3, 0.4) is 0 Å². The molecule has 0 atom stereocenters. The van der Waals surface area contributed by atoms with Gasteiger partial charge in [0.05, 0.1) is 12.1 Å². The second kappa shape index (κ2) is 7.64. The number of nitrogens with zero attached hydrogens (tertiary/aromatic N) is 1. The molecule has 0 aliphatic carbocycles. The lowest BCUT2D eigenvalue weighted by molar-refractivity contribution is -0.115. The van der Waals surface area contributed by atoms with E-state index in [4.69, 9.17) is 21.3 Å². The first-order valence-electron chi connectivity index (χ1n) is 7.21. The maximum absolute atomic E-state index is 12.0. The van der Waals surface area contributed by atoms with E-state index in [-0.39, 0.29) is 35.1 Å². The maximum Gasteiger partial charge on any atom is 0.251 e. The first-order valence-corrected chi connectivity index (χ1v) is 7.59. The number of benzene rings is 1. The molecule has 7 nitrogen and oxygen atoms in total. The molecule has 2 N–H and O–H groups in total. The first-order chi connectivity index (χ1) is 11.8. The van der Waals surface area contributed by atoms with Gasteiger partial charge in [0.25, 0.3) is 5.91 Å². The van der Waals surface area contributed by atoms with Crippen molar-refractivity contribution < 1.29 is 18.8 Å². The van der Waals surface area contributed by atoms with E-state index in [1.165, 1.54) is 26.0 Å².